The Kier molecular flexibility index (Phi) is 4.35. The Bertz CT molecular complexity index is 833. The highest BCUT2D eigenvalue weighted by Gasteiger charge is 2.34. The fourth-order valence-electron chi connectivity index (χ4n) is 2.79. The molecule has 24 heavy (non-hydrogen) atoms. The van der Waals surface area contributed by atoms with Crippen LogP contribution in [0.15, 0.2) is 30.6 Å². The molecule has 0 radical (unpaired) electrons. The SMILES string of the molecule is O=S(=O)(Cc1ccccc1C(F)(F)F)N[C@H]1CCCn2ncnc21. The summed E-state index contributed by atoms with van der Waals surface area (Å²) in [5.41, 5.74) is -1.23. The number of alkyl halides is 3. The van der Waals surface area contributed by atoms with Crippen molar-refractivity contribution in [3.63, 3.8) is 0 Å². The lowest BCUT2D eigenvalue weighted by atomic mass is 10.1. The van der Waals surface area contributed by atoms with Crippen LogP contribution in [0.3, 0.4) is 0 Å². The largest absolute Gasteiger partial charge is 0.416 e. The summed E-state index contributed by atoms with van der Waals surface area (Å²) in [4.78, 5) is 4.03. The predicted octanol–water partition coefficient (Wildman–Crippen LogP) is 2.25. The van der Waals surface area contributed by atoms with Crippen LogP contribution < -0.4 is 4.72 Å². The lowest BCUT2D eigenvalue weighted by Gasteiger charge is -2.23. The summed E-state index contributed by atoms with van der Waals surface area (Å²) in [5, 5.41) is 3.99. The van der Waals surface area contributed by atoms with Gasteiger partial charge in [0.15, 0.2) is 0 Å². The third-order valence-corrected chi connectivity index (χ3v) is 5.14. The molecule has 1 aliphatic rings. The van der Waals surface area contributed by atoms with Crippen molar-refractivity contribution in [3.8, 4) is 0 Å². The van der Waals surface area contributed by atoms with Gasteiger partial charge in [0.25, 0.3) is 0 Å². The van der Waals surface area contributed by atoms with Gasteiger partial charge in [-0.3, -0.25) is 0 Å². The highest BCUT2D eigenvalue weighted by molar-refractivity contribution is 7.88. The molecular formula is C14H15F3N4O2S. The zero-order valence-corrected chi connectivity index (χ0v) is 13.3. The summed E-state index contributed by atoms with van der Waals surface area (Å²) in [6, 6.07) is 4.09. The average molecular weight is 360 g/mol. The first-order valence-electron chi connectivity index (χ1n) is 7.29. The highest BCUT2D eigenvalue weighted by atomic mass is 32.2. The fraction of sp³-hybridized carbons (Fsp3) is 0.429. The predicted molar refractivity (Wildman–Crippen MR) is 79.2 cm³/mol. The van der Waals surface area contributed by atoms with Gasteiger partial charge >= 0.3 is 6.18 Å². The molecule has 0 fully saturated rings. The fourth-order valence-corrected chi connectivity index (χ4v) is 4.19. The van der Waals surface area contributed by atoms with E-state index in [1.54, 1.807) is 4.68 Å². The molecule has 2 aromatic rings. The van der Waals surface area contributed by atoms with Gasteiger partial charge in [-0.2, -0.15) is 18.3 Å². The minimum absolute atomic E-state index is 0.283. The first-order valence-corrected chi connectivity index (χ1v) is 8.94. The van der Waals surface area contributed by atoms with Gasteiger partial charge in [-0.05, 0) is 24.5 Å². The molecule has 2 heterocycles. The maximum Gasteiger partial charge on any atom is 0.416 e. The number of aromatic nitrogens is 3. The maximum atomic E-state index is 13.0. The van der Waals surface area contributed by atoms with Gasteiger partial charge in [-0.25, -0.2) is 22.8 Å². The molecule has 0 bridgehead atoms. The van der Waals surface area contributed by atoms with Crippen LogP contribution in [-0.2, 0) is 28.5 Å². The maximum absolute atomic E-state index is 13.0. The van der Waals surface area contributed by atoms with Crippen molar-refractivity contribution in [1.82, 2.24) is 19.5 Å². The quantitative estimate of drug-likeness (QED) is 0.907. The number of aryl methyl sites for hydroxylation is 1. The third-order valence-electron chi connectivity index (χ3n) is 3.81. The second kappa shape index (κ2) is 6.17. The van der Waals surface area contributed by atoms with E-state index < -0.39 is 33.6 Å². The molecule has 0 saturated carbocycles. The Labute approximate surface area is 136 Å². The molecule has 6 nitrogen and oxygen atoms in total. The summed E-state index contributed by atoms with van der Waals surface area (Å²) in [6.45, 7) is 0.643. The van der Waals surface area contributed by atoms with Crippen LogP contribution in [-0.4, -0.2) is 23.2 Å². The van der Waals surface area contributed by atoms with Crippen molar-refractivity contribution >= 4 is 10.0 Å². The number of rotatable bonds is 4. The van der Waals surface area contributed by atoms with E-state index >= 15 is 0 Å². The van der Waals surface area contributed by atoms with Crippen LogP contribution in [0, 0.1) is 0 Å². The first kappa shape index (κ1) is 16.9. The molecule has 0 aliphatic carbocycles. The van der Waals surface area contributed by atoms with E-state index in [4.69, 9.17) is 0 Å². The summed E-state index contributed by atoms with van der Waals surface area (Å²) in [5.74, 6) is -0.262. The molecule has 0 saturated heterocycles. The Balaban J connectivity index is 1.82. The van der Waals surface area contributed by atoms with Crippen LogP contribution in [0.25, 0.3) is 0 Å². The minimum Gasteiger partial charge on any atom is -0.248 e. The Hall–Kier alpha value is -1.94. The number of sulfonamides is 1. The first-order chi connectivity index (χ1) is 11.3. The van der Waals surface area contributed by atoms with Crippen molar-refractivity contribution in [1.29, 1.82) is 0 Å². The van der Waals surface area contributed by atoms with E-state index in [-0.39, 0.29) is 5.56 Å². The molecule has 1 aliphatic heterocycles. The average Bonchev–Trinajstić information content (AvgIpc) is 2.95. The molecule has 1 aromatic carbocycles. The molecule has 1 atom stereocenters. The molecule has 10 heteroatoms. The molecule has 1 N–H and O–H groups in total. The zero-order valence-electron chi connectivity index (χ0n) is 12.5. The van der Waals surface area contributed by atoms with E-state index in [0.29, 0.717) is 25.2 Å². The van der Waals surface area contributed by atoms with Crippen LogP contribution >= 0.6 is 0 Å². The van der Waals surface area contributed by atoms with Crippen molar-refractivity contribution in [3.05, 3.63) is 47.5 Å². The third kappa shape index (κ3) is 3.59. The van der Waals surface area contributed by atoms with Gasteiger partial charge in [0, 0.05) is 6.54 Å². The number of halogens is 3. The number of hydrogen-bond donors (Lipinski definition) is 1. The van der Waals surface area contributed by atoms with Gasteiger partial charge < -0.3 is 0 Å². The summed E-state index contributed by atoms with van der Waals surface area (Å²) in [6.07, 6.45) is -2.03. The Morgan fingerprint density at radius 3 is 2.79 bits per heavy atom. The second-order valence-corrected chi connectivity index (χ2v) is 7.32. The number of nitrogens with one attached hydrogen (secondary N) is 1. The Morgan fingerprint density at radius 2 is 2.04 bits per heavy atom. The molecule has 130 valence electrons. The van der Waals surface area contributed by atoms with Gasteiger partial charge in [-0.15, -0.1) is 0 Å². The topological polar surface area (TPSA) is 76.9 Å². The number of hydrogen-bond acceptors (Lipinski definition) is 4. The van der Waals surface area contributed by atoms with E-state index in [1.165, 1.54) is 24.5 Å². The molecular weight excluding hydrogens is 345 g/mol. The number of benzene rings is 1. The van der Waals surface area contributed by atoms with Gasteiger partial charge in [0.1, 0.15) is 12.2 Å². The van der Waals surface area contributed by atoms with E-state index in [0.717, 1.165) is 6.07 Å². The normalized spacial score (nSPS) is 18.4. The standard InChI is InChI=1S/C14H15F3N4O2S/c15-14(16,17)11-5-2-1-4-10(11)8-24(22,23)20-12-6-3-7-21-13(12)18-9-19-21/h1-2,4-5,9,12,20H,3,6-8H2/t12-/m0/s1. The minimum atomic E-state index is -4.60. The monoisotopic (exact) mass is 360 g/mol. The van der Waals surface area contributed by atoms with Crippen molar-refractivity contribution < 1.29 is 21.6 Å². The van der Waals surface area contributed by atoms with Gasteiger partial charge in [0.2, 0.25) is 10.0 Å². The summed E-state index contributed by atoms with van der Waals surface area (Å²) in [7, 11) is -3.97. The van der Waals surface area contributed by atoms with Crippen LogP contribution in [0.2, 0.25) is 0 Å². The van der Waals surface area contributed by atoms with Gasteiger partial charge in [-0.1, -0.05) is 18.2 Å². The second-order valence-electron chi connectivity index (χ2n) is 5.57. The Morgan fingerprint density at radius 1 is 1.29 bits per heavy atom. The van der Waals surface area contributed by atoms with Crippen LogP contribution in [0.4, 0.5) is 13.2 Å². The molecule has 3 rings (SSSR count). The lowest BCUT2D eigenvalue weighted by Crippen LogP contribution is -2.34. The van der Waals surface area contributed by atoms with Crippen LogP contribution in [0.5, 0.6) is 0 Å². The van der Waals surface area contributed by atoms with Crippen molar-refractivity contribution in [2.75, 3.05) is 0 Å². The van der Waals surface area contributed by atoms with E-state index in [9.17, 15) is 21.6 Å². The number of fused-ring (bicyclic) bond motifs is 1. The molecule has 0 amide bonds. The van der Waals surface area contributed by atoms with Crippen molar-refractivity contribution in [2.45, 2.75) is 37.4 Å². The van der Waals surface area contributed by atoms with E-state index in [2.05, 4.69) is 14.8 Å². The molecule has 1 aromatic heterocycles. The number of nitrogens with zero attached hydrogens (tertiary/aromatic N) is 3. The summed E-state index contributed by atoms with van der Waals surface area (Å²) < 4.78 is 67.7. The highest BCUT2D eigenvalue weighted by Crippen LogP contribution is 2.33. The lowest BCUT2D eigenvalue weighted by molar-refractivity contribution is -0.138. The van der Waals surface area contributed by atoms with Crippen molar-refractivity contribution in [2.24, 2.45) is 0 Å². The van der Waals surface area contributed by atoms with Gasteiger partial charge in [0.05, 0.1) is 17.4 Å². The molecule has 0 spiro atoms. The zero-order chi connectivity index (χ0) is 17.4. The van der Waals surface area contributed by atoms with Crippen LogP contribution in [0.1, 0.15) is 35.8 Å². The smallest absolute Gasteiger partial charge is 0.248 e. The van der Waals surface area contributed by atoms with E-state index in [1.807, 2.05) is 0 Å². The molecule has 0 unspecified atom stereocenters. The summed E-state index contributed by atoms with van der Waals surface area (Å²) >= 11 is 0.